The second kappa shape index (κ2) is 10.4. The molecule has 0 bridgehead atoms. The molecule has 7 heteroatoms. The molecule has 0 spiro atoms. The Kier molecular flexibility index (Phi) is 7.14. The zero-order chi connectivity index (χ0) is 21.5. The monoisotopic (exact) mass is 422 g/mol. The maximum atomic E-state index is 12.7. The first-order valence-electron chi connectivity index (χ1n) is 11.1. The summed E-state index contributed by atoms with van der Waals surface area (Å²) in [4.78, 5) is 33.7. The standard InChI is InChI=1S/C24H30N4O3/c29-23(9-6-19-4-2-1-3-5-19)28-12-10-20(11-13-28)24(30)26-21-7-8-22(25-18-21)27-14-16-31-17-15-27/h1-5,7-8,18,20H,6,9-17H2,(H,26,30). The lowest BCUT2D eigenvalue weighted by Gasteiger charge is -2.31. The molecule has 0 unspecified atom stereocenters. The van der Waals surface area contributed by atoms with Gasteiger partial charge in [0, 0.05) is 38.5 Å². The number of nitrogens with one attached hydrogen (secondary N) is 1. The Morgan fingerprint density at radius 3 is 2.42 bits per heavy atom. The molecule has 31 heavy (non-hydrogen) atoms. The molecule has 2 aliphatic rings. The van der Waals surface area contributed by atoms with Crippen molar-refractivity contribution in [2.24, 2.45) is 5.92 Å². The number of pyridine rings is 1. The lowest BCUT2D eigenvalue weighted by atomic mass is 9.95. The summed E-state index contributed by atoms with van der Waals surface area (Å²) in [5, 5.41) is 2.98. The molecule has 2 aromatic rings. The highest BCUT2D eigenvalue weighted by Gasteiger charge is 2.27. The molecule has 1 N–H and O–H groups in total. The van der Waals surface area contributed by atoms with Gasteiger partial charge in [0.15, 0.2) is 0 Å². The summed E-state index contributed by atoms with van der Waals surface area (Å²) in [6.45, 7) is 4.38. The number of piperidine rings is 1. The average Bonchev–Trinajstić information content (AvgIpc) is 2.84. The van der Waals surface area contributed by atoms with E-state index in [1.54, 1.807) is 6.20 Å². The molecule has 1 aromatic heterocycles. The van der Waals surface area contributed by atoms with E-state index >= 15 is 0 Å². The van der Waals surface area contributed by atoms with Crippen molar-refractivity contribution in [3.05, 3.63) is 54.2 Å². The third-order valence-corrected chi connectivity index (χ3v) is 6.04. The predicted molar refractivity (Wildman–Crippen MR) is 120 cm³/mol. The minimum atomic E-state index is -0.0721. The molecule has 0 atom stereocenters. The summed E-state index contributed by atoms with van der Waals surface area (Å²) in [6.07, 6.45) is 4.38. The molecule has 4 rings (SSSR count). The zero-order valence-corrected chi connectivity index (χ0v) is 17.8. The number of likely N-dealkylation sites (tertiary alicyclic amines) is 1. The van der Waals surface area contributed by atoms with Crippen molar-refractivity contribution in [3.63, 3.8) is 0 Å². The lowest BCUT2D eigenvalue weighted by Crippen LogP contribution is -2.41. The van der Waals surface area contributed by atoms with Crippen LogP contribution in [0.1, 0.15) is 24.8 Å². The van der Waals surface area contributed by atoms with Gasteiger partial charge in [0.1, 0.15) is 5.82 Å². The number of nitrogens with zero attached hydrogens (tertiary/aromatic N) is 3. The van der Waals surface area contributed by atoms with E-state index in [9.17, 15) is 9.59 Å². The number of benzene rings is 1. The Bertz CT molecular complexity index is 858. The second-order valence-corrected chi connectivity index (χ2v) is 8.13. The van der Waals surface area contributed by atoms with Crippen LogP contribution in [0.3, 0.4) is 0 Å². The van der Waals surface area contributed by atoms with E-state index in [-0.39, 0.29) is 17.7 Å². The molecule has 2 amide bonds. The maximum absolute atomic E-state index is 12.7. The molecule has 2 saturated heterocycles. The van der Waals surface area contributed by atoms with Gasteiger partial charge in [0.2, 0.25) is 11.8 Å². The van der Waals surface area contributed by atoms with Crippen LogP contribution in [0, 0.1) is 5.92 Å². The number of morpholine rings is 1. The fraction of sp³-hybridized carbons (Fsp3) is 0.458. The van der Waals surface area contributed by atoms with Gasteiger partial charge in [-0.2, -0.15) is 0 Å². The number of ether oxygens (including phenoxy) is 1. The van der Waals surface area contributed by atoms with Crippen molar-refractivity contribution in [3.8, 4) is 0 Å². The number of hydrogen-bond acceptors (Lipinski definition) is 5. The molecule has 2 fully saturated rings. The van der Waals surface area contributed by atoms with Crippen LogP contribution < -0.4 is 10.2 Å². The minimum absolute atomic E-state index is 0.0114. The molecular weight excluding hydrogens is 392 g/mol. The van der Waals surface area contributed by atoms with Gasteiger partial charge in [0.25, 0.3) is 0 Å². The van der Waals surface area contributed by atoms with Crippen LogP contribution in [0.15, 0.2) is 48.7 Å². The highest BCUT2D eigenvalue weighted by atomic mass is 16.5. The first kappa shape index (κ1) is 21.3. The first-order chi connectivity index (χ1) is 15.2. The summed E-state index contributed by atoms with van der Waals surface area (Å²) in [5.74, 6) is 1.02. The fourth-order valence-corrected chi connectivity index (χ4v) is 4.13. The van der Waals surface area contributed by atoms with Crippen molar-refractivity contribution in [1.29, 1.82) is 0 Å². The van der Waals surface area contributed by atoms with E-state index in [0.29, 0.717) is 51.3 Å². The first-order valence-corrected chi connectivity index (χ1v) is 11.1. The minimum Gasteiger partial charge on any atom is -0.378 e. The van der Waals surface area contributed by atoms with Crippen molar-refractivity contribution in [2.75, 3.05) is 49.6 Å². The van der Waals surface area contributed by atoms with Gasteiger partial charge in [-0.3, -0.25) is 9.59 Å². The van der Waals surface area contributed by atoms with Crippen LogP contribution in [-0.2, 0) is 20.7 Å². The molecule has 2 aliphatic heterocycles. The van der Waals surface area contributed by atoms with Crippen LogP contribution in [0.2, 0.25) is 0 Å². The number of aromatic nitrogens is 1. The predicted octanol–water partition coefficient (Wildman–Crippen LogP) is 2.73. The second-order valence-electron chi connectivity index (χ2n) is 8.13. The van der Waals surface area contributed by atoms with Gasteiger partial charge < -0.3 is 19.9 Å². The summed E-state index contributed by atoms with van der Waals surface area (Å²) in [6, 6.07) is 13.9. The number of aryl methyl sites for hydroxylation is 1. The summed E-state index contributed by atoms with van der Waals surface area (Å²) in [7, 11) is 0. The Balaban J connectivity index is 1.21. The zero-order valence-electron chi connectivity index (χ0n) is 17.8. The largest absolute Gasteiger partial charge is 0.378 e. The van der Waals surface area contributed by atoms with E-state index in [4.69, 9.17) is 4.74 Å². The molecule has 0 aliphatic carbocycles. The van der Waals surface area contributed by atoms with E-state index < -0.39 is 0 Å². The van der Waals surface area contributed by atoms with E-state index in [2.05, 4.69) is 15.2 Å². The van der Waals surface area contributed by atoms with Crippen molar-refractivity contribution in [2.45, 2.75) is 25.7 Å². The van der Waals surface area contributed by atoms with Crippen molar-refractivity contribution in [1.82, 2.24) is 9.88 Å². The van der Waals surface area contributed by atoms with Crippen molar-refractivity contribution < 1.29 is 14.3 Å². The Morgan fingerprint density at radius 1 is 1.00 bits per heavy atom. The number of hydrogen-bond donors (Lipinski definition) is 1. The Hall–Kier alpha value is -2.93. The van der Waals surface area contributed by atoms with Gasteiger partial charge in [0.05, 0.1) is 25.1 Å². The number of anilines is 2. The quantitative estimate of drug-likeness (QED) is 0.775. The molecule has 3 heterocycles. The summed E-state index contributed by atoms with van der Waals surface area (Å²) >= 11 is 0. The van der Waals surface area contributed by atoms with Crippen LogP contribution >= 0.6 is 0 Å². The normalized spacial score (nSPS) is 17.4. The highest BCUT2D eigenvalue weighted by Crippen LogP contribution is 2.21. The Labute approximate surface area is 183 Å². The van der Waals surface area contributed by atoms with Crippen LogP contribution in [-0.4, -0.2) is 61.1 Å². The number of amides is 2. The fourth-order valence-electron chi connectivity index (χ4n) is 4.13. The van der Waals surface area contributed by atoms with Crippen LogP contribution in [0.5, 0.6) is 0 Å². The van der Waals surface area contributed by atoms with E-state index in [1.807, 2.05) is 47.4 Å². The topological polar surface area (TPSA) is 74.8 Å². The lowest BCUT2D eigenvalue weighted by molar-refractivity contribution is -0.134. The van der Waals surface area contributed by atoms with E-state index in [1.165, 1.54) is 5.56 Å². The molecular formula is C24H30N4O3. The third-order valence-electron chi connectivity index (χ3n) is 6.04. The molecule has 0 radical (unpaired) electrons. The smallest absolute Gasteiger partial charge is 0.227 e. The highest BCUT2D eigenvalue weighted by molar-refractivity contribution is 5.92. The third kappa shape index (κ3) is 5.82. The van der Waals surface area contributed by atoms with Gasteiger partial charge in [-0.25, -0.2) is 4.98 Å². The summed E-state index contributed by atoms with van der Waals surface area (Å²) < 4.78 is 5.37. The molecule has 164 valence electrons. The van der Waals surface area contributed by atoms with Gasteiger partial charge in [-0.1, -0.05) is 30.3 Å². The summed E-state index contributed by atoms with van der Waals surface area (Å²) in [5.41, 5.74) is 1.89. The van der Waals surface area contributed by atoms with Gasteiger partial charge in [-0.05, 0) is 37.0 Å². The number of carbonyl (C=O) groups excluding carboxylic acids is 2. The van der Waals surface area contributed by atoms with Crippen molar-refractivity contribution >= 4 is 23.3 Å². The van der Waals surface area contributed by atoms with Crippen LogP contribution in [0.25, 0.3) is 0 Å². The van der Waals surface area contributed by atoms with Gasteiger partial charge >= 0.3 is 0 Å². The molecule has 1 aromatic carbocycles. The van der Waals surface area contributed by atoms with Gasteiger partial charge in [-0.15, -0.1) is 0 Å². The molecule has 0 saturated carbocycles. The number of rotatable bonds is 6. The number of carbonyl (C=O) groups is 2. The Morgan fingerprint density at radius 2 is 1.74 bits per heavy atom. The SMILES string of the molecule is O=C(Nc1ccc(N2CCOCC2)nc1)C1CCN(C(=O)CCc2ccccc2)CC1. The maximum Gasteiger partial charge on any atom is 0.227 e. The van der Waals surface area contributed by atoms with E-state index in [0.717, 1.165) is 25.3 Å². The van der Waals surface area contributed by atoms with Crippen LogP contribution in [0.4, 0.5) is 11.5 Å². The average molecular weight is 423 g/mol. The molecule has 7 nitrogen and oxygen atoms in total.